The second-order valence-electron chi connectivity index (χ2n) is 6.21. The minimum absolute atomic E-state index is 0.186. The van der Waals surface area contributed by atoms with Gasteiger partial charge in [-0.25, -0.2) is 4.79 Å². The van der Waals surface area contributed by atoms with Gasteiger partial charge in [0.2, 0.25) is 0 Å². The molecule has 0 spiro atoms. The van der Waals surface area contributed by atoms with Crippen LogP contribution in [0, 0.1) is 0 Å². The molecule has 0 N–H and O–H groups in total. The van der Waals surface area contributed by atoms with Gasteiger partial charge in [0.25, 0.3) is 11.8 Å². The van der Waals surface area contributed by atoms with E-state index in [9.17, 15) is 9.59 Å². The molecule has 4 rings (SSSR count). The van der Waals surface area contributed by atoms with Gasteiger partial charge in [0.05, 0.1) is 10.4 Å². The third-order valence-electron chi connectivity index (χ3n) is 4.23. The highest BCUT2D eigenvalue weighted by molar-refractivity contribution is 7.13. The highest BCUT2D eigenvalue weighted by Gasteiger charge is 2.24. The number of hydrogen-bond acceptors (Lipinski definition) is 7. The SMILES string of the molecule is C[C@@H](OC(=O)c1ccccc1C(=O)c1ccccc1)c1nnc(-c2cccs2)o1. The fourth-order valence-corrected chi connectivity index (χ4v) is 3.42. The van der Waals surface area contributed by atoms with Crippen LogP contribution >= 0.6 is 11.3 Å². The maximum atomic E-state index is 12.8. The Morgan fingerprint density at radius 1 is 0.931 bits per heavy atom. The molecule has 0 unspecified atom stereocenters. The summed E-state index contributed by atoms with van der Waals surface area (Å²) in [5.41, 5.74) is 0.963. The van der Waals surface area contributed by atoms with Crippen LogP contribution in [0.3, 0.4) is 0 Å². The van der Waals surface area contributed by atoms with Crippen molar-refractivity contribution in [2.45, 2.75) is 13.0 Å². The molecule has 0 aliphatic carbocycles. The Bertz CT molecular complexity index is 1140. The smallest absolute Gasteiger partial charge is 0.339 e. The molecule has 0 aliphatic rings. The zero-order chi connectivity index (χ0) is 20.2. The van der Waals surface area contributed by atoms with Crippen molar-refractivity contribution < 1.29 is 18.7 Å². The van der Waals surface area contributed by atoms with Crippen molar-refractivity contribution in [2.24, 2.45) is 0 Å². The van der Waals surface area contributed by atoms with Gasteiger partial charge in [-0.1, -0.05) is 54.6 Å². The molecular formula is C22H16N2O4S. The van der Waals surface area contributed by atoms with E-state index in [0.717, 1.165) is 4.88 Å². The van der Waals surface area contributed by atoms with E-state index in [1.165, 1.54) is 11.3 Å². The van der Waals surface area contributed by atoms with Gasteiger partial charge in [0.1, 0.15) is 0 Å². The minimum atomic E-state index is -0.761. The Labute approximate surface area is 170 Å². The van der Waals surface area contributed by atoms with Gasteiger partial charge in [-0.3, -0.25) is 4.79 Å². The van der Waals surface area contributed by atoms with Gasteiger partial charge in [-0.2, -0.15) is 0 Å². The molecule has 144 valence electrons. The lowest BCUT2D eigenvalue weighted by Crippen LogP contribution is -2.14. The van der Waals surface area contributed by atoms with Crippen LogP contribution in [0.2, 0.25) is 0 Å². The summed E-state index contributed by atoms with van der Waals surface area (Å²) in [7, 11) is 0. The molecule has 0 amide bonds. The first-order valence-corrected chi connectivity index (χ1v) is 9.78. The second kappa shape index (κ2) is 8.20. The number of ketones is 1. The molecule has 2 aromatic carbocycles. The van der Waals surface area contributed by atoms with E-state index in [0.29, 0.717) is 11.5 Å². The van der Waals surface area contributed by atoms with E-state index in [2.05, 4.69) is 10.2 Å². The Kier molecular flexibility index (Phi) is 5.31. The van der Waals surface area contributed by atoms with Crippen LogP contribution in [0.4, 0.5) is 0 Å². The van der Waals surface area contributed by atoms with E-state index in [1.54, 1.807) is 55.5 Å². The standard InChI is InChI=1S/C22H16N2O4S/c1-14(20-23-24-21(28-20)18-12-7-13-29-18)27-22(26)17-11-6-5-10-16(17)19(25)15-8-3-2-4-9-15/h2-14H,1H3/t14-/m1/s1. The van der Waals surface area contributed by atoms with Crippen LogP contribution in [0.1, 0.15) is 45.2 Å². The summed E-state index contributed by atoms with van der Waals surface area (Å²) in [6, 6.07) is 19.1. The number of thiophene rings is 1. The van der Waals surface area contributed by atoms with E-state index in [-0.39, 0.29) is 22.8 Å². The summed E-state index contributed by atoms with van der Waals surface area (Å²) in [5, 5.41) is 9.87. The van der Waals surface area contributed by atoms with E-state index in [1.807, 2.05) is 23.6 Å². The molecule has 0 aliphatic heterocycles. The molecule has 29 heavy (non-hydrogen) atoms. The lowest BCUT2D eigenvalue weighted by atomic mass is 9.98. The summed E-state index contributed by atoms with van der Waals surface area (Å²) in [6.45, 7) is 1.64. The number of carbonyl (C=O) groups excluding carboxylic acids is 2. The Hall–Kier alpha value is -3.58. The molecule has 6 nitrogen and oxygen atoms in total. The number of benzene rings is 2. The molecule has 2 aromatic heterocycles. The minimum Gasteiger partial charge on any atom is -0.449 e. The highest BCUT2D eigenvalue weighted by atomic mass is 32.1. The fraction of sp³-hybridized carbons (Fsp3) is 0.0909. The lowest BCUT2D eigenvalue weighted by molar-refractivity contribution is 0.0278. The van der Waals surface area contributed by atoms with Gasteiger partial charge in [-0.05, 0) is 24.4 Å². The predicted molar refractivity (Wildman–Crippen MR) is 108 cm³/mol. The molecule has 0 radical (unpaired) electrons. The summed E-state index contributed by atoms with van der Waals surface area (Å²) in [5.74, 6) is -0.317. The van der Waals surface area contributed by atoms with Crippen LogP contribution in [-0.4, -0.2) is 21.9 Å². The second-order valence-corrected chi connectivity index (χ2v) is 7.16. The molecule has 0 bridgehead atoms. The first-order chi connectivity index (χ1) is 14.1. The average Bonchev–Trinajstić information content (AvgIpc) is 3.45. The van der Waals surface area contributed by atoms with Crippen LogP contribution in [0.5, 0.6) is 0 Å². The van der Waals surface area contributed by atoms with Crippen molar-refractivity contribution >= 4 is 23.1 Å². The quantitative estimate of drug-likeness (QED) is 0.334. The van der Waals surface area contributed by atoms with Crippen molar-refractivity contribution in [2.75, 3.05) is 0 Å². The van der Waals surface area contributed by atoms with Crippen molar-refractivity contribution in [3.63, 3.8) is 0 Å². The van der Waals surface area contributed by atoms with Crippen LogP contribution < -0.4 is 0 Å². The molecule has 7 heteroatoms. The first kappa shape index (κ1) is 18.8. The number of esters is 1. The maximum absolute atomic E-state index is 12.8. The summed E-state index contributed by atoms with van der Waals surface area (Å²) in [4.78, 5) is 26.4. The molecule has 4 aromatic rings. The van der Waals surface area contributed by atoms with Gasteiger partial charge in [0, 0.05) is 11.1 Å². The highest BCUT2D eigenvalue weighted by Crippen LogP contribution is 2.26. The topological polar surface area (TPSA) is 82.3 Å². The number of ether oxygens (including phenoxy) is 1. The Morgan fingerprint density at radius 2 is 1.66 bits per heavy atom. The van der Waals surface area contributed by atoms with Crippen molar-refractivity contribution in [3.05, 3.63) is 94.7 Å². The van der Waals surface area contributed by atoms with Crippen molar-refractivity contribution in [1.29, 1.82) is 0 Å². The Balaban J connectivity index is 1.54. The fourth-order valence-electron chi connectivity index (χ4n) is 2.78. The monoisotopic (exact) mass is 404 g/mol. The normalized spacial score (nSPS) is 11.8. The van der Waals surface area contributed by atoms with Gasteiger partial charge < -0.3 is 9.15 Å². The van der Waals surface area contributed by atoms with Gasteiger partial charge >= 0.3 is 5.97 Å². The Morgan fingerprint density at radius 3 is 2.38 bits per heavy atom. The van der Waals surface area contributed by atoms with Gasteiger partial charge in [0.15, 0.2) is 11.9 Å². The van der Waals surface area contributed by atoms with E-state index >= 15 is 0 Å². The van der Waals surface area contributed by atoms with Crippen LogP contribution in [-0.2, 0) is 4.74 Å². The van der Waals surface area contributed by atoms with E-state index in [4.69, 9.17) is 9.15 Å². The van der Waals surface area contributed by atoms with E-state index < -0.39 is 12.1 Å². The summed E-state index contributed by atoms with van der Waals surface area (Å²) in [6.07, 6.45) is -0.761. The van der Waals surface area contributed by atoms with Crippen molar-refractivity contribution in [1.82, 2.24) is 10.2 Å². The van der Waals surface area contributed by atoms with Crippen molar-refractivity contribution in [3.8, 4) is 10.8 Å². The molecule has 0 saturated carbocycles. The van der Waals surface area contributed by atoms with Gasteiger partial charge in [-0.15, -0.1) is 21.5 Å². The lowest BCUT2D eigenvalue weighted by Gasteiger charge is -2.12. The molecule has 2 heterocycles. The molecule has 1 atom stereocenters. The number of carbonyl (C=O) groups is 2. The third-order valence-corrected chi connectivity index (χ3v) is 5.09. The van der Waals surface area contributed by atoms with Crippen LogP contribution in [0.25, 0.3) is 10.8 Å². The molecule has 0 saturated heterocycles. The zero-order valence-electron chi connectivity index (χ0n) is 15.4. The third kappa shape index (κ3) is 4.00. The number of rotatable bonds is 6. The largest absolute Gasteiger partial charge is 0.449 e. The van der Waals surface area contributed by atoms with Crippen LogP contribution in [0.15, 0.2) is 76.5 Å². The number of nitrogens with zero attached hydrogens (tertiary/aromatic N) is 2. The maximum Gasteiger partial charge on any atom is 0.339 e. The first-order valence-electron chi connectivity index (χ1n) is 8.90. The zero-order valence-corrected chi connectivity index (χ0v) is 16.3. The average molecular weight is 404 g/mol. The molecule has 0 fully saturated rings. The molecular weight excluding hydrogens is 388 g/mol. The number of aromatic nitrogens is 2. The summed E-state index contributed by atoms with van der Waals surface area (Å²) < 4.78 is 11.1. The number of hydrogen-bond donors (Lipinski definition) is 0. The summed E-state index contributed by atoms with van der Waals surface area (Å²) >= 11 is 1.47. The predicted octanol–water partition coefficient (Wildman–Crippen LogP) is 4.95.